The molecule has 21 heavy (non-hydrogen) atoms. The first-order chi connectivity index (χ1) is 9.90. The van der Waals surface area contributed by atoms with Crippen LogP contribution in [0.25, 0.3) is 0 Å². The topological polar surface area (TPSA) is 64.8 Å². The minimum absolute atomic E-state index is 0.0904. The second-order valence-electron chi connectivity index (χ2n) is 5.61. The number of fused-ring (bicyclic) bond motifs is 1. The lowest BCUT2D eigenvalue weighted by molar-refractivity contribution is -0.132. The van der Waals surface area contributed by atoms with Gasteiger partial charge in [0.05, 0.1) is 18.3 Å². The van der Waals surface area contributed by atoms with E-state index in [1.165, 1.54) is 0 Å². The van der Waals surface area contributed by atoms with Crippen LogP contribution in [0.2, 0.25) is 0 Å². The van der Waals surface area contributed by atoms with Crippen molar-refractivity contribution < 1.29 is 14.3 Å². The highest BCUT2D eigenvalue weighted by atomic mass is 16.5. The van der Waals surface area contributed by atoms with Crippen LogP contribution in [-0.2, 0) is 9.53 Å². The first-order valence-electron chi connectivity index (χ1n) is 6.91. The summed E-state index contributed by atoms with van der Waals surface area (Å²) in [5, 5.41) is 0. The molecule has 1 aromatic carbocycles. The van der Waals surface area contributed by atoms with Gasteiger partial charge in [0.25, 0.3) is 5.91 Å². The molecule has 1 heterocycles. The fourth-order valence-corrected chi connectivity index (χ4v) is 2.40. The summed E-state index contributed by atoms with van der Waals surface area (Å²) in [4.78, 5) is 14.2. The zero-order chi connectivity index (χ0) is 15.6. The van der Waals surface area contributed by atoms with Gasteiger partial charge in [0.15, 0.2) is 5.60 Å². The number of rotatable bonds is 5. The Morgan fingerprint density at radius 3 is 2.86 bits per heavy atom. The predicted octanol–water partition coefficient (Wildman–Crippen LogP) is 2.02. The molecule has 1 aliphatic heterocycles. The molecule has 5 heteroatoms. The fraction of sp³-hybridized carbons (Fsp3) is 0.438. The summed E-state index contributed by atoms with van der Waals surface area (Å²) in [5.41, 5.74) is 6.80. The van der Waals surface area contributed by atoms with Crippen LogP contribution in [0.1, 0.15) is 25.5 Å². The minimum atomic E-state index is -0.883. The van der Waals surface area contributed by atoms with E-state index in [-0.39, 0.29) is 11.9 Å². The average molecular weight is 290 g/mol. The van der Waals surface area contributed by atoms with Crippen molar-refractivity contribution >= 4 is 11.6 Å². The number of anilines is 1. The first kappa shape index (κ1) is 15.5. The molecule has 0 radical (unpaired) electrons. The number of methoxy groups -OCH3 is 1. The highest BCUT2D eigenvalue weighted by Gasteiger charge is 2.40. The summed E-state index contributed by atoms with van der Waals surface area (Å²) in [6.45, 7) is 8.09. The third-order valence-electron chi connectivity index (χ3n) is 3.49. The average Bonchev–Trinajstić information content (AvgIpc) is 2.43. The van der Waals surface area contributed by atoms with Crippen LogP contribution in [0.5, 0.6) is 5.75 Å². The predicted molar refractivity (Wildman–Crippen MR) is 82.5 cm³/mol. The van der Waals surface area contributed by atoms with Crippen molar-refractivity contribution in [3.63, 3.8) is 0 Å². The Balaban J connectivity index is 2.45. The molecule has 1 atom stereocenters. The summed E-state index contributed by atoms with van der Waals surface area (Å²) in [6.07, 6.45) is 1.70. The fourth-order valence-electron chi connectivity index (χ4n) is 2.40. The minimum Gasteiger partial charge on any atom is -0.476 e. The number of hydrogen-bond acceptors (Lipinski definition) is 4. The highest BCUT2D eigenvalue weighted by molar-refractivity contribution is 6.02. The molecule has 0 spiro atoms. The van der Waals surface area contributed by atoms with Gasteiger partial charge in [-0.15, -0.1) is 6.58 Å². The van der Waals surface area contributed by atoms with Crippen molar-refractivity contribution in [1.29, 1.82) is 0 Å². The number of nitrogens with zero attached hydrogens (tertiary/aromatic N) is 1. The highest BCUT2D eigenvalue weighted by Crippen LogP contribution is 2.39. The van der Waals surface area contributed by atoms with Crippen LogP contribution in [0.4, 0.5) is 5.69 Å². The van der Waals surface area contributed by atoms with E-state index in [2.05, 4.69) is 6.58 Å². The van der Waals surface area contributed by atoms with Gasteiger partial charge in [0.1, 0.15) is 5.75 Å². The van der Waals surface area contributed by atoms with Gasteiger partial charge in [-0.25, -0.2) is 0 Å². The van der Waals surface area contributed by atoms with Crippen molar-refractivity contribution in [1.82, 2.24) is 0 Å². The zero-order valence-corrected chi connectivity index (χ0v) is 12.8. The molecule has 0 aromatic heterocycles. The van der Waals surface area contributed by atoms with Gasteiger partial charge in [-0.1, -0.05) is 12.1 Å². The SMILES string of the molecule is C=CCN1C(=O)C(C)(C)Oc2ccc(C(N)COC)cc21. The third-order valence-corrected chi connectivity index (χ3v) is 3.49. The molecule has 1 aromatic rings. The number of carbonyl (C=O) groups is 1. The van der Waals surface area contributed by atoms with Gasteiger partial charge < -0.3 is 20.1 Å². The summed E-state index contributed by atoms with van der Waals surface area (Å²) < 4.78 is 10.9. The maximum absolute atomic E-state index is 12.5. The zero-order valence-electron chi connectivity index (χ0n) is 12.8. The molecule has 0 aliphatic carbocycles. The van der Waals surface area contributed by atoms with Crippen molar-refractivity contribution in [2.45, 2.75) is 25.5 Å². The maximum Gasteiger partial charge on any atom is 0.270 e. The molecule has 1 amide bonds. The molecule has 2 rings (SSSR count). The number of hydrogen-bond donors (Lipinski definition) is 1. The summed E-state index contributed by atoms with van der Waals surface area (Å²) in [7, 11) is 1.61. The summed E-state index contributed by atoms with van der Waals surface area (Å²) in [5.74, 6) is 0.585. The second kappa shape index (κ2) is 5.87. The van der Waals surface area contributed by atoms with Gasteiger partial charge in [-0.05, 0) is 31.5 Å². The molecule has 2 N–H and O–H groups in total. The van der Waals surface area contributed by atoms with Gasteiger partial charge >= 0.3 is 0 Å². The number of ether oxygens (including phenoxy) is 2. The maximum atomic E-state index is 12.5. The van der Waals surface area contributed by atoms with Crippen LogP contribution >= 0.6 is 0 Å². The number of nitrogens with two attached hydrogens (primary N) is 1. The molecule has 1 aliphatic rings. The van der Waals surface area contributed by atoms with Gasteiger partial charge in [0.2, 0.25) is 0 Å². The standard InChI is InChI=1S/C16H22N2O3/c1-5-8-18-13-9-11(12(17)10-20-4)6-7-14(13)21-16(2,3)15(18)19/h5-7,9,12H,1,8,10,17H2,2-4H3. The Hall–Kier alpha value is -1.85. The molecule has 0 fully saturated rings. The van der Waals surface area contributed by atoms with Gasteiger partial charge in [-0.2, -0.15) is 0 Å². The first-order valence-corrected chi connectivity index (χ1v) is 6.91. The number of benzene rings is 1. The van der Waals surface area contributed by atoms with E-state index in [0.717, 1.165) is 11.3 Å². The normalized spacial score (nSPS) is 17.9. The Bertz CT molecular complexity index is 554. The second-order valence-corrected chi connectivity index (χ2v) is 5.61. The van der Waals surface area contributed by atoms with Crippen LogP contribution in [0, 0.1) is 0 Å². The van der Waals surface area contributed by atoms with E-state index in [1.807, 2.05) is 18.2 Å². The number of amides is 1. The Morgan fingerprint density at radius 2 is 2.24 bits per heavy atom. The van der Waals surface area contributed by atoms with Gasteiger partial charge in [0, 0.05) is 13.7 Å². The van der Waals surface area contributed by atoms with E-state index < -0.39 is 5.60 Å². The monoisotopic (exact) mass is 290 g/mol. The smallest absolute Gasteiger partial charge is 0.270 e. The summed E-state index contributed by atoms with van der Waals surface area (Å²) >= 11 is 0. The molecule has 0 saturated carbocycles. The Kier molecular flexibility index (Phi) is 4.34. The molecule has 114 valence electrons. The molecule has 0 saturated heterocycles. The summed E-state index contributed by atoms with van der Waals surface area (Å²) in [6, 6.07) is 5.40. The largest absolute Gasteiger partial charge is 0.476 e. The van der Waals surface area contributed by atoms with Crippen LogP contribution < -0.4 is 15.4 Å². The van der Waals surface area contributed by atoms with Crippen molar-refractivity contribution in [3.05, 3.63) is 36.4 Å². The Morgan fingerprint density at radius 1 is 1.52 bits per heavy atom. The quantitative estimate of drug-likeness (QED) is 0.843. The lowest BCUT2D eigenvalue weighted by Gasteiger charge is -2.38. The lowest BCUT2D eigenvalue weighted by atomic mass is 10.0. The van der Waals surface area contributed by atoms with Crippen LogP contribution in [0.15, 0.2) is 30.9 Å². The van der Waals surface area contributed by atoms with E-state index in [4.69, 9.17) is 15.2 Å². The van der Waals surface area contributed by atoms with Crippen LogP contribution in [0.3, 0.4) is 0 Å². The number of carbonyl (C=O) groups excluding carboxylic acids is 1. The lowest BCUT2D eigenvalue weighted by Crippen LogP contribution is -2.52. The third kappa shape index (κ3) is 2.94. The van der Waals surface area contributed by atoms with Crippen LogP contribution in [-0.4, -0.2) is 31.8 Å². The van der Waals surface area contributed by atoms with E-state index in [9.17, 15) is 4.79 Å². The van der Waals surface area contributed by atoms with Crippen molar-refractivity contribution in [3.8, 4) is 5.75 Å². The van der Waals surface area contributed by atoms with Crippen molar-refractivity contribution in [2.75, 3.05) is 25.2 Å². The molecule has 0 bridgehead atoms. The molecular weight excluding hydrogens is 268 g/mol. The van der Waals surface area contributed by atoms with Crippen molar-refractivity contribution in [2.24, 2.45) is 5.73 Å². The Labute approximate surface area is 125 Å². The van der Waals surface area contributed by atoms with E-state index in [1.54, 1.807) is 31.9 Å². The molecule has 1 unspecified atom stereocenters. The molecular formula is C16H22N2O3. The van der Waals surface area contributed by atoms with Gasteiger partial charge in [-0.3, -0.25) is 4.79 Å². The van der Waals surface area contributed by atoms with E-state index in [0.29, 0.717) is 18.9 Å². The molecule has 5 nitrogen and oxygen atoms in total. The van der Waals surface area contributed by atoms with E-state index >= 15 is 0 Å².